The summed E-state index contributed by atoms with van der Waals surface area (Å²) in [5, 5.41) is 3.88. The van der Waals surface area contributed by atoms with Gasteiger partial charge in [0.05, 0.1) is 11.6 Å². The number of hydrogen-bond acceptors (Lipinski definition) is 5. The van der Waals surface area contributed by atoms with E-state index in [1.807, 2.05) is 13.8 Å². The summed E-state index contributed by atoms with van der Waals surface area (Å²) in [7, 11) is 0. The number of ether oxygens (including phenoxy) is 1. The van der Waals surface area contributed by atoms with Gasteiger partial charge in [0.1, 0.15) is 6.61 Å². The molecule has 2 rings (SSSR count). The first-order valence-corrected chi connectivity index (χ1v) is 6.79. The van der Waals surface area contributed by atoms with E-state index < -0.39 is 5.54 Å². The van der Waals surface area contributed by atoms with Gasteiger partial charge < -0.3 is 15.0 Å². The third-order valence-electron chi connectivity index (χ3n) is 3.29. The maximum Gasteiger partial charge on any atom is 0.252 e. The van der Waals surface area contributed by atoms with Crippen LogP contribution in [0.1, 0.15) is 64.1 Å². The Morgan fingerprint density at radius 3 is 2.50 bits per heavy atom. The minimum absolute atomic E-state index is 0.341. The molecule has 0 aromatic carbocycles. The van der Waals surface area contributed by atoms with Gasteiger partial charge in [-0.25, -0.2) is 0 Å². The van der Waals surface area contributed by atoms with Gasteiger partial charge in [0.25, 0.3) is 5.89 Å². The van der Waals surface area contributed by atoms with Crippen LogP contribution in [0, 0.1) is 0 Å². The molecule has 0 unspecified atom stereocenters. The summed E-state index contributed by atoms with van der Waals surface area (Å²) in [6.07, 6.45) is 7.80. The molecule has 1 saturated carbocycles. The smallest absolute Gasteiger partial charge is 0.252 e. The standard InChI is InChI=1S/C13H23N3O2/c1-13(2,14)12-15-11(18-16-12)9-17-10-7-5-3-4-6-8-10/h10H,3-9,14H2,1-2H3. The Morgan fingerprint density at radius 2 is 1.94 bits per heavy atom. The second-order valence-electron chi connectivity index (χ2n) is 5.66. The van der Waals surface area contributed by atoms with E-state index in [4.69, 9.17) is 15.0 Å². The van der Waals surface area contributed by atoms with Crippen LogP contribution in [0.3, 0.4) is 0 Å². The summed E-state index contributed by atoms with van der Waals surface area (Å²) in [6.45, 7) is 4.11. The molecule has 1 aromatic rings. The minimum atomic E-state index is -0.565. The average Bonchev–Trinajstić information content (AvgIpc) is 2.64. The molecule has 5 nitrogen and oxygen atoms in total. The molecule has 0 spiro atoms. The molecule has 1 fully saturated rings. The Morgan fingerprint density at radius 1 is 1.28 bits per heavy atom. The van der Waals surface area contributed by atoms with Crippen LogP contribution in [0.5, 0.6) is 0 Å². The SMILES string of the molecule is CC(C)(N)c1noc(COC2CCCCCC2)n1. The number of nitrogens with two attached hydrogens (primary N) is 1. The first kappa shape index (κ1) is 13.5. The molecule has 1 aliphatic rings. The highest BCUT2D eigenvalue weighted by molar-refractivity contribution is 4.98. The molecule has 0 amide bonds. The van der Waals surface area contributed by atoms with E-state index in [1.165, 1.54) is 25.7 Å². The minimum Gasteiger partial charge on any atom is -0.368 e. The van der Waals surface area contributed by atoms with Crippen LogP contribution in [-0.4, -0.2) is 16.2 Å². The first-order valence-electron chi connectivity index (χ1n) is 6.79. The molecule has 5 heteroatoms. The number of aromatic nitrogens is 2. The van der Waals surface area contributed by atoms with Crippen LogP contribution in [0.4, 0.5) is 0 Å². The molecular weight excluding hydrogens is 230 g/mol. The van der Waals surface area contributed by atoms with Gasteiger partial charge in [-0.3, -0.25) is 0 Å². The maximum atomic E-state index is 5.90. The van der Waals surface area contributed by atoms with Crippen molar-refractivity contribution < 1.29 is 9.26 Å². The van der Waals surface area contributed by atoms with Gasteiger partial charge in [-0.15, -0.1) is 0 Å². The van der Waals surface area contributed by atoms with E-state index in [1.54, 1.807) is 0 Å². The van der Waals surface area contributed by atoms with E-state index in [2.05, 4.69) is 10.1 Å². The fourth-order valence-corrected chi connectivity index (χ4v) is 2.17. The molecule has 0 radical (unpaired) electrons. The lowest BCUT2D eigenvalue weighted by atomic mass is 10.1. The van der Waals surface area contributed by atoms with Crippen molar-refractivity contribution in [2.24, 2.45) is 5.73 Å². The third-order valence-corrected chi connectivity index (χ3v) is 3.29. The van der Waals surface area contributed by atoms with Crippen molar-refractivity contribution in [3.8, 4) is 0 Å². The fourth-order valence-electron chi connectivity index (χ4n) is 2.17. The van der Waals surface area contributed by atoms with Crippen LogP contribution in [-0.2, 0) is 16.9 Å². The van der Waals surface area contributed by atoms with E-state index in [0.29, 0.717) is 24.4 Å². The predicted octanol–water partition coefficient (Wildman–Crippen LogP) is 2.50. The highest BCUT2D eigenvalue weighted by atomic mass is 16.5. The summed E-state index contributed by atoms with van der Waals surface area (Å²) < 4.78 is 11.0. The lowest BCUT2D eigenvalue weighted by Gasteiger charge is -2.13. The Bertz CT molecular complexity index is 363. The van der Waals surface area contributed by atoms with Crippen LogP contribution >= 0.6 is 0 Å². The lowest BCUT2D eigenvalue weighted by molar-refractivity contribution is 0.0173. The first-order chi connectivity index (χ1) is 8.55. The molecule has 18 heavy (non-hydrogen) atoms. The van der Waals surface area contributed by atoms with Crippen molar-refractivity contribution in [3.63, 3.8) is 0 Å². The summed E-state index contributed by atoms with van der Waals surface area (Å²) in [6, 6.07) is 0. The van der Waals surface area contributed by atoms with Crippen LogP contribution in [0.25, 0.3) is 0 Å². The zero-order valence-electron chi connectivity index (χ0n) is 11.3. The zero-order chi connectivity index (χ0) is 13.0. The van der Waals surface area contributed by atoms with Gasteiger partial charge in [0.15, 0.2) is 5.82 Å². The normalized spacial score (nSPS) is 18.8. The highest BCUT2D eigenvalue weighted by Crippen LogP contribution is 2.21. The van der Waals surface area contributed by atoms with Gasteiger partial charge in [0, 0.05) is 0 Å². The van der Waals surface area contributed by atoms with Gasteiger partial charge >= 0.3 is 0 Å². The summed E-state index contributed by atoms with van der Waals surface area (Å²) in [5.74, 6) is 1.05. The van der Waals surface area contributed by atoms with E-state index in [-0.39, 0.29) is 0 Å². The molecule has 0 saturated heterocycles. The Labute approximate surface area is 108 Å². The Balaban J connectivity index is 1.84. The molecule has 0 bridgehead atoms. The van der Waals surface area contributed by atoms with Crippen molar-refractivity contribution in [1.29, 1.82) is 0 Å². The summed E-state index contributed by atoms with van der Waals surface area (Å²) in [4.78, 5) is 4.26. The molecule has 102 valence electrons. The van der Waals surface area contributed by atoms with Gasteiger partial charge in [-0.05, 0) is 26.7 Å². The number of nitrogens with zero attached hydrogens (tertiary/aromatic N) is 2. The van der Waals surface area contributed by atoms with E-state index in [9.17, 15) is 0 Å². The topological polar surface area (TPSA) is 74.2 Å². The molecule has 0 aliphatic heterocycles. The summed E-state index contributed by atoms with van der Waals surface area (Å²) in [5.41, 5.74) is 5.34. The monoisotopic (exact) mass is 253 g/mol. The van der Waals surface area contributed by atoms with Crippen LogP contribution in [0.2, 0.25) is 0 Å². The fraction of sp³-hybridized carbons (Fsp3) is 0.846. The van der Waals surface area contributed by atoms with Crippen molar-refractivity contribution in [1.82, 2.24) is 10.1 Å². The van der Waals surface area contributed by atoms with Crippen molar-refractivity contribution in [3.05, 3.63) is 11.7 Å². The maximum absolute atomic E-state index is 5.90. The second kappa shape index (κ2) is 5.80. The second-order valence-corrected chi connectivity index (χ2v) is 5.66. The van der Waals surface area contributed by atoms with Crippen molar-refractivity contribution in [2.45, 2.75) is 70.6 Å². The largest absolute Gasteiger partial charge is 0.368 e. The zero-order valence-corrected chi connectivity index (χ0v) is 11.3. The Kier molecular flexibility index (Phi) is 4.35. The van der Waals surface area contributed by atoms with Crippen LogP contribution < -0.4 is 5.73 Å². The third kappa shape index (κ3) is 3.78. The molecule has 1 heterocycles. The Hall–Kier alpha value is -0.940. The van der Waals surface area contributed by atoms with Gasteiger partial charge in [-0.1, -0.05) is 30.8 Å². The highest BCUT2D eigenvalue weighted by Gasteiger charge is 2.22. The quantitative estimate of drug-likeness (QED) is 0.834. The molecular formula is C13H23N3O2. The molecule has 1 aliphatic carbocycles. The van der Waals surface area contributed by atoms with E-state index >= 15 is 0 Å². The number of hydrogen-bond donors (Lipinski definition) is 1. The predicted molar refractivity (Wildman–Crippen MR) is 67.8 cm³/mol. The molecule has 1 aromatic heterocycles. The van der Waals surface area contributed by atoms with Gasteiger partial charge in [0.2, 0.25) is 0 Å². The lowest BCUT2D eigenvalue weighted by Crippen LogP contribution is -2.30. The number of rotatable bonds is 4. The average molecular weight is 253 g/mol. The van der Waals surface area contributed by atoms with Crippen LogP contribution in [0.15, 0.2) is 4.52 Å². The van der Waals surface area contributed by atoms with Crippen molar-refractivity contribution in [2.75, 3.05) is 0 Å². The molecule has 2 N–H and O–H groups in total. The molecule has 0 atom stereocenters. The van der Waals surface area contributed by atoms with E-state index in [0.717, 1.165) is 12.8 Å². The summed E-state index contributed by atoms with van der Waals surface area (Å²) >= 11 is 0. The van der Waals surface area contributed by atoms with Gasteiger partial charge in [-0.2, -0.15) is 4.98 Å². The van der Waals surface area contributed by atoms with Crippen molar-refractivity contribution >= 4 is 0 Å².